The lowest BCUT2D eigenvalue weighted by molar-refractivity contribution is 0.339. The molecule has 1 aromatic rings. The van der Waals surface area contributed by atoms with Crippen LogP contribution in [0.1, 0.15) is 6.92 Å². The molecule has 0 aromatic heterocycles. The Morgan fingerprint density at radius 1 is 1.33 bits per heavy atom. The summed E-state index contributed by atoms with van der Waals surface area (Å²) in [7, 11) is -0.447. The molecule has 0 aliphatic carbocycles. The van der Waals surface area contributed by atoms with Gasteiger partial charge < -0.3 is 4.43 Å². The summed E-state index contributed by atoms with van der Waals surface area (Å²) < 4.78 is 5.75. The van der Waals surface area contributed by atoms with Crippen molar-refractivity contribution in [2.45, 2.75) is 20.0 Å². The molecule has 0 radical (unpaired) electrons. The van der Waals surface area contributed by atoms with Gasteiger partial charge in [-0.15, -0.1) is 12.3 Å². The Bertz CT molecular complexity index is 270. The molecule has 0 saturated heterocycles. The summed E-state index contributed by atoms with van der Waals surface area (Å²) in [6.45, 7) is 10.7. The molecule has 0 amide bonds. The van der Waals surface area contributed by atoms with Crippen molar-refractivity contribution in [3.05, 3.63) is 42.6 Å². The van der Waals surface area contributed by atoms with Gasteiger partial charge in [0.1, 0.15) is 0 Å². The van der Waals surface area contributed by atoms with Crippen LogP contribution in [-0.4, -0.2) is 25.2 Å². The summed E-state index contributed by atoms with van der Waals surface area (Å²) >= 11 is 0. The second-order valence-corrected chi connectivity index (χ2v) is 8.42. The summed E-state index contributed by atoms with van der Waals surface area (Å²) in [4.78, 5) is 0. The van der Waals surface area contributed by atoms with Gasteiger partial charge in [-0.05, 0) is 25.2 Å². The van der Waals surface area contributed by atoms with Gasteiger partial charge >= 0.3 is 0 Å². The molecular formula is C12H22OSi2. The van der Waals surface area contributed by atoms with Crippen molar-refractivity contribution in [3.63, 3.8) is 0 Å². The first kappa shape index (κ1) is 14.4. The van der Waals surface area contributed by atoms with Gasteiger partial charge in [-0.1, -0.05) is 30.3 Å². The molecule has 0 aliphatic rings. The molecule has 0 bridgehead atoms. The predicted octanol–water partition coefficient (Wildman–Crippen LogP) is 1.63. The highest BCUT2D eigenvalue weighted by atomic mass is 28.4. The van der Waals surface area contributed by atoms with E-state index >= 15 is 0 Å². The smallest absolute Gasteiger partial charge is 0.218 e. The minimum absolute atomic E-state index is 0.814. The van der Waals surface area contributed by atoms with Crippen molar-refractivity contribution in [1.82, 2.24) is 0 Å². The third kappa shape index (κ3) is 5.72. The van der Waals surface area contributed by atoms with Crippen LogP contribution >= 0.6 is 0 Å². The standard InChI is InChI=1S/C10H16OSi.C2H6Si/c1-4-11-12(2,3)10-8-6-5-7-9-10;1-2-3/h5-9H,4H2,1-3H3;2H,1H2,3H3. The Morgan fingerprint density at radius 3 is 2.20 bits per heavy atom. The molecule has 1 aromatic carbocycles. The maximum absolute atomic E-state index is 5.75. The summed E-state index contributed by atoms with van der Waals surface area (Å²) in [5, 5.41) is 1.37. The molecule has 0 atom stereocenters. The molecule has 1 rings (SSSR count). The first-order valence-electron chi connectivity index (χ1n) is 5.35. The summed E-state index contributed by atoms with van der Waals surface area (Å²) in [5.41, 5.74) is 1.89. The molecule has 0 spiro atoms. The highest BCUT2D eigenvalue weighted by Gasteiger charge is 2.23. The molecule has 15 heavy (non-hydrogen) atoms. The van der Waals surface area contributed by atoms with Gasteiger partial charge in [0.15, 0.2) is 0 Å². The Kier molecular flexibility index (Phi) is 7.29. The van der Waals surface area contributed by atoms with Crippen LogP contribution in [0, 0.1) is 0 Å². The molecular weight excluding hydrogens is 216 g/mol. The highest BCUT2D eigenvalue weighted by molar-refractivity contribution is 6.84. The van der Waals surface area contributed by atoms with Gasteiger partial charge in [0.25, 0.3) is 0 Å². The Morgan fingerprint density at radius 2 is 1.80 bits per heavy atom. The van der Waals surface area contributed by atoms with E-state index in [9.17, 15) is 0 Å². The Balaban J connectivity index is 0.000000583. The minimum atomic E-state index is -1.58. The second kappa shape index (κ2) is 7.62. The lowest BCUT2D eigenvalue weighted by Crippen LogP contribution is -2.44. The van der Waals surface area contributed by atoms with E-state index in [0.29, 0.717) is 0 Å². The molecule has 1 nitrogen and oxygen atoms in total. The summed E-state index contributed by atoms with van der Waals surface area (Å²) in [5.74, 6) is 0. The third-order valence-electron chi connectivity index (χ3n) is 1.97. The van der Waals surface area contributed by atoms with E-state index in [4.69, 9.17) is 4.43 Å². The normalized spacial score (nSPS) is 10.3. The molecule has 0 saturated carbocycles. The summed E-state index contributed by atoms with van der Waals surface area (Å²) in [6.07, 6.45) is 0. The van der Waals surface area contributed by atoms with E-state index in [1.54, 1.807) is 0 Å². The van der Waals surface area contributed by atoms with Crippen molar-refractivity contribution in [2.75, 3.05) is 6.61 Å². The first-order chi connectivity index (χ1) is 7.08. The van der Waals surface area contributed by atoms with Crippen LogP contribution in [0.2, 0.25) is 13.1 Å². The van der Waals surface area contributed by atoms with Gasteiger partial charge in [0.05, 0.1) is 0 Å². The highest BCUT2D eigenvalue weighted by Crippen LogP contribution is 2.04. The lowest BCUT2D eigenvalue weighted by atomic mass is 10.4. The monoisotopic (exact) mass is 238 g/mol. The van der Waals surface area contributed by atoms with E-state index in [1.807, 2.05) is 11.8 Å². The van der Waals surface area contributed by atoms with Crippen molar-refractivity contribution in [2.24, 2.45) is 0 Å². The molecule has 0 aliphatic heterocycles. The van der Waals surface area contributed by atoms with Gasteiger partial charge in [-0.3, -0.25) is 0 Å². The molecule has 0 heterocycles. The first-order valence-corrected chi connectivity index (χ1v) is 9.41. The van der Waals surface area contributed by atoms with E-state index in [0.717, 1.165) is 16.8 Å². The van der Waals surface area contributed by atoms with Crippen LogP contribution in [0.4, 0.5) is 0 Å². The van der Waals surface area contributed by atoms with Crippen molar-refractivity contribution in [1.29, 1.82) is 0 Å². The van der Waals surface area contributed by atoms with Crippen molar-refractivity contribution in [3.8, 4) is 0 Å². The second-order valence-electron chi connectivity index (χ2n) is 3.72. The zero-order chi connectivity index (χ0) is 11.7. The fourth-order valence-corrected chi connectivity index (χ4v) is 3.17. The number of hydrogen-bond acceptors (Lipinski definition) is 1. The van der Waals surface area contributed by atoms with E-state index in [2.05, 4.69) is 50.9 Å². The summed E-state index contributed by atoms with van der Waals surface area (Å²) in [6, 6.07) is 10.5. The maximum atomic E-state index is 5.75. The largest absolute Gasteiger partial charge is 0.413 e. The van der Waals surface area contributed by atoms with Crippen LogP contribution in [0.3, 0.4) is 0 Å². The molecule has 0 fully saturated rings. The fourth-order valence-electron chi connectivity index (χ4n) is 1.28. The zero-order valence-corrected chi connectivity index (χ0v) is 13.3. The Hall–Kier alpha value is -0.646. The third-order valence-corrected chi connectivity index (χ3v) is 4.71. The predicted molar refractivity (Wildman–Crippen MR) is 75.3 cm³/mol. The number of benzene rings is 1. The van der Waals surface area contributed by atoms with Gasteiger partial charge in [-0.25, -0.2) is 0 Å². The van der Waals surface area contributed by atoms with Crippen molar-refractivity contribution < 1.29 is 4.43 Å². The molecule has 3 heteroatoms. The zero-order valence-electron chi connectivity index (χ0n) is 10.3. The SMILES string of the molecule is C=C[SiH3].CCO[Si](C)(C)c1ccccc1. The lowest BCUT2D eigenvalue weighted by Gasteiger charge is -2.21. The average molecular weight is 238 g/mol. The van der Waals surface area contributed by atoms with Gasteiger partial charge in [0.2, 0.25) is 8.32 Å². The van der Waals surface area contributed by atoms with E-state index in [-0.39, 0.29) is 0 Å². The van der Waals surface area contributed by atoms with Crippen LogP contribution in [-0.2, 0) is 4.43 Å². The number of hydrogen-bond donors (Lipinski definition) is 0. The van der Waals surface area contributed by atoms with E-state index < -0.39 is 8.32 Å². The molecule has 0 unspecified atom stereocenters. The Labute approximate surface area is 97.7 Å². The quantitative estimate of drug-likeness (QED) is 0.728. The molecule has 84 valence electrons. The molecule has 0 N–H and O–H groups in total. The number of rotatable bonds is 3. The van der Waals surface area contributed by atoms with Gasteiger partial charge in [-0.2, -0.15) is 0 Å². The van der Waals surface area contributed by atoms with Crippen LogP contribution in [0.15, 0.2) is 42.6 Å². The fraction of sp³-hybridized carbons (Fsp3) is 0.333. The van der Waals surface area contributed by atoms with Crippen LogP contribution < -0.4 is 5.19 Å². The average Bonchev–Trinajstić information content (AvgIpc) is 2.20. The van der Waals surface area contributed by atoms with Crippen molar-refractivity contribution >= 4 is 23.7 Å². The minimum Gasteiger partial charge on any atom is -0.413 e. The van der Waals surface area contributed by atoms with Crippen LogP contribution in [0.5, 0.6) is 0 Å². The topological polar surface area (TPSA) is 9.23 Å². The van der Waals surface area contributed by atoms with Crippen LogP contribution in [0.25, 0.3) is 0 Å². The van der Waals surface area contributed by atoms with E-state index in [1.165, 1.54) is 5.19 Å². The maximum Gasteiger partial charge on any atom is 0.218 e. The van der Waals surface area contributed by atoms with Gasteiger partial charge in [0, 0.05) is 16.8 Å².